The predicted octanol–water partition coefficient (Wildman–Crippen LogP) is 3.93. The maximum atomic E-state index is 2.26. The van der Waals surface area contributed by atoms with Gasteiger partial charge in [0.05, 0.1) is 0 Å². The molecule has 0 aromatic heterocycles. The molecule has 3 heteroatoms. The van der Waals surface area contributed by atoms with E-state index in [-0.39, 0.29) is 24.8 Å². The van der Waals surface area contributed by atoms with E-state index >= 15 is 0 Å². The van der Waals surface area contributed by atoms with E-state index in [9.17, 15) is 0 Å². The summed E-state index contributed by atoms with van der Waals surface area (Å²) in [5.41, 5.74) is 6.06. The van der Waals surface area contributed by atoms with Crippen LogP contribution in [0.5, 0.6) is 0 Å². The molecular formula is C11H13Cl2Zr. The van der Waals surface area contributed by atoms with Gasteiger partial charge in [-0.25, -0.2) is 0 Å². The van der Waals surface area contributed by atoms with Crippen molar-refractivity contribution < 1.29 is 24.7 Å². The third-order valence-corrected chi connectivity index (χ3v) is 4.53. The first-order valence-electron chi connectivity index (χ1n) is 4.19. The fraction of sp³-hybridized carbons (Fsp3) is 0.273. The fourth-order valence-electron chi connectivity index (χ4n) is 1.75. The summed E-state index contributed by atoms with van der Waals surface area (Å²) < 4.78 is 0.716. The quantitative estimate of drug-likeness (QED) is 0.681. The van der Waals surface area contributed by atoms with Crippen LogP contribution in [0.25, 0.3) is 5.57 Å². The summed E-state index contributed by atoms with van der Waals surface area (Å²) in [4.78, 5) is 0. The molecule has 0 aliphatic heterocycles. The van der Waals surface area contributed by atoms with E-state index in [2.05, 4.69) is 38.1 Å². The van der Waals surface area contributed by atoms with Crippen LogP contribution < -0.4 is 0 Å². The first kappa shape index (κ1) is 14.4. The van der Waals surface area contributed by atoms with Crippen LogP contribution in [0.1, 0.15) is 28.6 Å². The molecule has 0 amide bonds. The van der Waals surface area contributed by atoms with E-state index in [0.717, 1.165) is 0 Å². The topological polar surface area (TPSA) is 0 Å². The standard InChI is InChI=1S/C11H11.2ClH.Zr/c1-8-7-10-5-3-4-6-11(10)9(8)2;;;/h3-7H,1-2H3;2*1H;. The molecule has 0 bridgehead atoms. The van der Waals surface area contributed by atoms with Crippen molar-refractivity contribution in [2.75, 3.05) is 0 Å². The van der Waals surface area contributed by atoms with Gasteiger partial charge in [0, 0.05) is 0 Å². The summed E-state index contributed by atoms with van der Waals surface area (Å²) in [6.07, 6.45) is 0. The van der Waals surface area contributed by atoms with Crippen LogP contribution in [-0.4, -0.2) is 0 Å². The number of hydrogen-bond acceptors (Lipinski definition) is 0. The van der Waals surface area contributed by atoms with E-state index in [1.807, 2.05) is 0 Å². The Labute approximate surface area is 113 Å². The van der Waals surface area contributed by atoms with E-state index in [0.29, 0.717) is 3.63 Å². The minimum Gasteiger partial charge on any atom is -0.147 e. The molecule has 0 nitrogen and oxygen atoms in total. The molecule has 14 heavy (non-hydrogen) atoms. The maximum Gasteiger partial charge on any atom is -0.147 e. The van der Waals surface area contributed by atoms with E-state index in [4.69, 9.17) is 0 Å². The van der Waals surface area contributed by atoms with Crippen LogP contribution in [0.15, 0.2) is 29.8 Å². The third-order valence-electron chi connectivity index (χ3n) is 2.70. The summed E-state index contributed by atoms with van der Waals surface area (Å²) in [6, 6.07) is 8.76. The van der Waals surface area contributed by atoms with Gasteiger partial charge in [0.15, 0.2) is 0 Å². The molecule has 0 fully saturated rings. The van der Waals surface area contributed by atoms with Crippen LogP contribution in [0.2, 0.25) is 0 Å². The molecule has 75 valence electrons. The Balaban J connectivity index is 0.000000845. The van der Waals surface area contributed by atoms with Crippen molar-refractivity contribution in [2.45, 2.75) is 17.5 Å². The molecule has 0 N–H and O–H groups in total. The molecule has 1 aliphatic carbocycles. The minimum atomic E-state index is 0. The third kappa shape index (κ3) is 2.16. The first-order chi connectivity index (χ1) is 5.72. The summed E-state index contributed by atoms with van der Waals surface area (Å²) >= 11 is 1.61. The second-order valence-corrected chi connectivity index (χ2v) is 4.75. The molecule has 1 aliphatic rings. The summed E-state index contributed by atoms with van der Waals surface area (Å²) in [6.45, 7) is 4.49. The zero-order chi connectivity index (χ0) is 8.72. The van der Waals surface area contributed by atoms with Gasteiger partial charge in [-0.1, -0.05) is 0 Å². The smallest absolute Gasteiger partial charge is 0.147 e. The molecule has 0 saturated carbocycles. The normalized spacial score (nSPS) is 18.2. The maximum absolute atomic E-state index is 2.26. The van der Waals surface area contributed by atoms with Crippen LogP contribution in [0.4, 0.5) is 0 Å². The largest absolute Gasteiger partial charge is 0.147 e. The van der Waals surface area contributed by atoms with Crippen molar-refractivity contribution in [3.63, 3.8) is 0 Å². The van der Waals surface area contributed by atoms with Crippen molar-refractivity contribution >= 4 is 30.4 Å². The monoisotopic (exact) mass is 305 g/mol. The fourth-order valence-corrected chi connectivity index (χ4v) is 2.90. The number of fused-ring (bicyclic) bond motifs is 1. The van der Waals surface area contributed by atoms with Crippen LogP contribution >= 0.6 is 24.8 Å². The SMILES string of the molecule is CC1=C(C)[C@H]([Zr])c2ccccc21.Cl.Cl. The van der Waals surface area contributed by atoms with Crippen molar-refractivity contribution in [3.8, 4) is 0 Å². The molecule has 1 atom stereocenters. The summed E-state index contributed by atoms with van der Waals surface area (Å²) in [5, 5.41) is 0. The Morgan fingerprint density at radius 2 is 1.64 bits per heavy atom. The second kappa shape index (κ2) is 5.49. The molecule has 2 rings (SSSR count). The number of halogens is 2. The van der Waals surface area contributed by atoms with Crippen LogP contribution in [0.3, 0.4) is 0 Å². The molecular weight excluding hydrogens is 294 g/mol. The second-order valence-electron chi connectivity index (χ2n) is 3.33. The molecule has 0 spiro atoms. The van der Waals surface area contributed by atoms with Gasteiger partial charge >= 0.3 is 88.7 Å². The molecule has 0 radical (unpaired) electrons. The Kier molecular flexibility index (Phi) is 5.66. The van der Waals surface area contributed by atoms with Gasteiger partial charge in [0.25, 0.3) is 0 Å². The first-order valence-corrected chi connectivity index (χ1v) is 5.61. The molecule has 0 saturated heterocycles. The van der Waals surface area contributed by atoms with Gasteiger partial charge < -0.3 is 0 Å². The van der Waals surface area contributed by atoms with Crippen molar-refractivity contribution in [1.29, 1.82) is 0 Å². The number of allylic oxidation sites excluding steroid dienone is 2. The molecule has 1 aromatic carbocycles. The van der Waals surface area contributed by atoms with Gasteiger partial charge in [0.2, 0.25) is 0 Å². The number of benzene rings is 1. The van der Waals surface area contributed by atoms with Crippen molar-refractivity contribution in [1.82, 2.24) is 0 Å². The Morgan fingerprint density at radius 3 is 2.21 bits per heavy atom. The Hall–Kier alpha value is 0.423. The number of rotatable bonds is 0. The predicted molar refractivity (Wildman–Crippen MR) is 61.9 cm³/mol. The Bertz CT molecular complexity index is 358. The van der Waals surface area contributed by atoms with E-state index in [1.165, 1.54) is 16.7 Å². The van der Waals surface area contributed by atoms with Crippen molar-refractivity contribution in [3.05, 3.63) is 41.0 Å². The van der Waals surface area contributed by atoms with Gasteiger partial charge in [-0.15, -0.1) is 24.8 Å². The number of hydrogen-bond donors (Lipinski definition) is 0. The molecule has 0 unspecified atom stereocenters. The molecule has 0 heterocycles. The van der Waals surface area contributed by atoms with Crippen LogP contribution in [-0.2, 0) is 24.7 Å². The zero-order valence-corrected chi connectivity index (χ0v) is 12.3. The average Bonchev–Trinajstić information content (AvgIpc) is 2.33. The molecule has 1 aromatic rings. The van der Waals surface area contributed by atoms with Gasteiger partial charge in [0.1, 0.15) is 0 Å². The summed E-state index contributed by atoms with van der Waals surface area (Å²) in [5.74, 6) is 0. The van der Waals surface area contributed by atoms with Gasteiger partial charge in [-0.3, -0.25) is 0 Å². The van der Waals surface area contributed by atoms with Crippen LogP contribution in [0, 0.1) is 0 Å². The van der Waals surface area contributed by atoms with Crippen molar-refractivity contribution in [2.24, 2.45) is 0 Å². The summed E-state index contributed by atoms with van der Waals surface area (Å²) in [7, 11) is 0. The zero-order valence-electron chi connectivity index (χ0n) is 8.20. The van der Waals surface area contributed by atoms with E-state index < -0.39 is 0 Å². The average molecular weight is 307 g/mol. The van der Waals surface area contributed by atoms with Gasteiger partial charge in [-0.2, -0.15) is 0 Å². The Morgan fingerprint density at radius 1 is 1.07 bits per heavy atom. The van der Waals surface area contributed by atoms with E-state index in [1.54, 1.807) is 30.3 Å². The minimum absolute atomic E-state index is 0. The van der Waals surface area contributed by atoms with Gasteiger partial charge in [-0.05, 0) is 0 Å².